The first-order valence-electron chi connectivity index (χ1n) is 6.04. The summed E-state index contributed by atoms with van der Waals surface area (Å²) in [6, 6.07) is 13.1. The van der Waals surface area contributed by atoms with Gasteiger partial charge in [-0.25, -0.2) is 0 Å². The molecule has 0 fully saturated rings. The Kier molecular flexibility index (Phi) is 4.85. The summed E-state index contributed by atoms with van der Waals surface area (Å²) in [5.41, 5.74) is 5.21. The first-order valence-corrected chi connectivity index (χ1v) is 6.58. The third-order valence-corrected chi connectivity index (χ3v) is 3.01. The van der Waals surface area contributed by atoms with Crippen molar-refractivity contribution in [2.75, 3.05) is 12.5 Å². The molecule has 0 saturated carbocycles. The predicted octanol–water partition coefficient (Wildman–Crippen LogP) is 3.59. The lowest BCUT2D eigenvalue weighted by atomic mass is 10.1. The monoisotopic (exact) mass is 290 g/mol. The lowest BCUT2D eigenvalue weighted by molar-refractivity contribution is 0.371. The molecule has 5 heteroatoms. The molecule has 0 aliphatic carbocycles. The molecule has 104 valence electrons. The molecule has 2 rings (SSSR count). The van der Waals surface area contributed by atoms with Crippen molar-refractivity contribution in [2.24, 2.45) is 5.10 Å². The Labute approximate surface area is 122 Å². The molecule has 0 aliphatic heterocycles. The summed E-state index contributed by atoms with van der Waals surface area (Å²) in [5.74, 6) is 0.649. The molecular formula is C15H15ClN2O2. The van der Waals surface area contributed by atoms with E-state index in [9.17, 15) is 5.11 Å². The minimum absolute atomic E-state index is 0.0654. The number of halogens is 1. The zero-order chi connectivity index (χ0) is 14.4. The second-order valence-corrected chi connectivity index (χ2v) is 4.37. The Morgan fingerprint density at radius 3 is 2.70 bits per heavy atom. The van der Waals surface area contributed by atoms with Crippen LogP contribution in [0.5, 0.6) is 11.5 Å². The molecule has 0 aliphatic rings. The zero-order valence-corrected chi connectivity index (χ0v) is 11.8. The third kappa shape index (κ3) is 3.42. The topological polar surface area (TPSA) is 53.8 Å². The smallest absolute Gasteiger partial charge is 0.162 e. The molecule has 2 N–H and O–H groups in total. The summed E-state index contributed by atoms with van der Waals surface area (Å²) < 4.78 is 5.10. The molecule has 0 amide bonds. The van der Waals surface area contributed by atoms with E-state index in [0.29, 0.717) is 11.3 Å². The van der Waals surface area contributed by atoms with Gasteiger partial charge < -0.3 is 9.84 Å². The number of rotatable bonds is 5. The number of nitrogens with one attached hydrogen (secondary N) is 1. The zero-order valence-electron chi connectivity index (χ0n) is 11.0. The van der Waals surface area contributed by atoms with E-state index in [2.05, 4.69) is 10.5 Å². The van der Waals surface area contributed by atoms with Gasteiger partial charge in [-0.05, 0) is 29.8 Å². The van der Waals surface area contributed by atoms with Crippen molar-refractivity contribution >= 4 is 23.5 Å². The van der Waals surface area contributed by atoms with Crippen molar-refractivity contribution in [3.05, 3.63) is 53.6 Å². The van der Waals surface area contributed by atoms with Gasteiger partial charge >= 0.3 is 0 Å². The summed E-state index contributed by atoms with van der Waals surface area (Å²) in [6.07, 6.45) is 1.64. The van der Waals surface area contributed by atoms with Crippen molar-refractivity contribution in [3.8, 4) is 11.5 Å². The second-order valence-electron chi connectivity index (χ2n) is 4.10. The van der Waals surface area contributed by atoms with Gasteiger partial charge in [0, 0.05) is 5.56 Å². The van der Waals surface area contributed by atoms with Gasteiger partial charge in [-0.2, -0.15) is 5.10 Å². The molecule has 0 aromatic heterocycles. The number of alkyl halides is 1. The number of phenols is 1. The van der Waals surface area contributed by atoms with Crippen LogP contribution in [-0.4, -0.2) is 18.4 Å². The SMILES string of the molecule is COc1cc(C=NNc2ccccc2)cc(CCl)c1O. The Hall–Kier alpha value is -2.20. The largest absolute Gasteiger partial charge is 0.504 e. The average Bonchev–Trinajstić information content (AvgIpc) is 2.49. The molecule has 0 heterocycles. The van der Waals surface area contributed by atoms with Gasteiger partial charge in [0.05, 0.1) is 24.9 Å². The van der Waals surface area contributed by atoms with Crippen LogP contribution in [0.1, 0.15) is 11.1 Å². The van der Waals surface area contributed by atoms with Crippen LogP contribution < -0.4 is 10.2 Å². The number of hydrogen-bond acceptors (Lipinski definition) is 4. The number of hydrazone groups is 1. The van der Waals surface area contributed by atoms with Gasteiger partial charge in [0.1, 0.15) is 0 Å². The van der Waals surface area contributed by atoms with E-state index in [1.807, 2.05) is 30.3 Å². The van der Waals surface area contributed by atoms with Gasteiger partial charge in [0.15, 0.2) is 11.5 Å². The fourth-order valence-electron chi connectivity index (χ4n) is 1.72. The highest BCUT2D eigenvalue weighted by Crippen LogP contribution is 2.31. The van der Waals surface area contributed by atoms with Crippen molar-refractivity contribution in [1.29, 1.82) is 0 Å². The molecule has 0 atom stereocenters. The summed E-state index contributed by atoms with van der Waals surface area (Å²) in [4.78, 5) is 0. The summed E-state index contributed by atoms with van der Waals surface area (Å²) in [7, 11) is 1.50. The van der Waals surface area contributed by atoms with Gasteiger partial charge in [-0.3, -0.25) is 5.43 Å². The average molecular weight is 291 g/mol. The fourth-order valence-corrected chi connectivity index (χ4v) is 1.92. The first-order chi connectivity index (χ1) is 9.74. The summed E-state index contributed by atoms with van der Waals surface area (Å²) in [5, 5.41) is 14.0. The molecular weight excluding hydrogens is 276 g/mol. The van der Waals surface area contributed by atoms with Crippen LogP contribution in [0.4, 0.5) is 5.69 Å². The minimum atomic E-state index is 0.0654. The number of ether oxygens (including phenoxy) is 1. The number of hydrogen-bond donors (Lipinski definition) is 2. The third-order valence-electron chi connectivity index (χ3n) is 2.72. The number of phenolic OH excluding ortho intramolecular Hbond substituents is 1. The van der Waals surface area contributed by atoms with Crippen molar-refractivity contribution < 1.29 is 9.84 Å². The van der Waals surface area contributed by atoms with E-state index in [-0.39, 0.29) is 11.6 Å². The Bertz CT molecular complexity index is 575. The van der Waals surface area contributed by atoms with Crippen LogP contribution in [0.3, 0.4) is 0 Å². The van der Waals surface area contributed by atoms with Crippen molar-refractivity contribution in [2.45, 2.75) is 5.88 Å². The normalized spacial score (nSPS) is 10.7. The highest BCUT2D eigenvalue weighted by molar-refractivity contribution is 6.17. The Morgan fingerprint density at radius 2 is 2.05 bits per heavy atom. The predicted molar refractivity (Wildman–Crippen MR) is 81.9 cm³/mol. The standard InChI is InChI=1S/C15H15ClN2O2/c1-20-14-8-11(7-12(9-16)15(14)19)10-17-18-13-5-3-2-4-6-13/h2-8,10,18-19H,9H2,1H3. The molecule has 0 saturated heterocycles. The first kappa shape index (κ1) is 14.2. The quantitative estimate of drug-likeness (QED) is 0.503. The number of methoxy groups -OCH3 is 1. The molecule has 0 unspecified atom stereocenters. The number of anilines is 1. The second kappa shape index (κ2) is 6.82. The van der Waals surface area contributed by atoms with Crippen LogP contribution in [-0.2, 0) is 5.88 Å². The van der Waals surface area contributed by atoms with Crippen LogP contribution in [0, 0.1) is 0 Å². The number of nitrogens with zero attached hydrogens (tertiary/aromatic N) is 1. The molecule has 0 bridgehead atoms. The van der Waals surface area contributed by atoms with E-state index >= 15 is 0 Å². The van der Waals surface area contributed by atoms with Crippen molar-refractivity contribution in [1.82, 2.24) is 0 Å². The molecule has 0 radical (unpaired) electrons. The summed E-state index contributed by atoms with van der Waals surface area (Å²) in [6.45, 7) is 0. The van der Waals surface area contributed by atoms with E-state index in [1.165, 1.54) is 7.11 Å². The maximum absolute atomic E-state index is 9.85. The van der Waals surface area contributed by atoms with Crippen molar-refractivity contribution in [3.63, 3.8) is 0 Å². The van der Waals surface area contributed by atoms with E-state index < -0.39 is 0 Å². The lowest BCUT2D eigenvalue weighted by Crippen LogP contribution is -1.94. The van der Waals surface area contributed by atoms with Gasteiger partial charge in [-0.15, -0.1) is 11.6 Å². The number of aromatic hydroxyl groups is 1. The van der Waals surface area contributed by atoms with E-state index in [4.69, 9.17) is 16.3 Å². The highest BCUT2D eigenvalue weighted by Gasteiger charge is 2.08. The van der Waals surface area contributed by atoms with E-state index in [0.717, 1.165) is 11.3 Å². The highest BCUT2D eigenvalue weighted by atomic mass is 35.5. The van der Waals surface area contributed by atoms with Crippen LogP contribution >= 0.6 is 11.6 Å². The molecule has 2 aromatic rings. The number of para-hydroxylation sites is 1. The maximum Gasteiger partial charge on any atom is 0.162 e. The van der Waals surface area contributed by atoms with Crippen LogP contribution in [0.15, 0.2) is 47.6 Å². The number of benzene rings is 2. The van der Waals surface area contributed by atoms with Crippen LogP contribution in [0.25, 0.3) is 0 Å². The molecule has 20 heavy (non-hydrogen) atoms. The fraction of sp³-hybridized carbons (Fsp3) is 0.133. The van der Waals surface area contributed by atoms with Crippen LogP contribution in [0.2, 0.25) is 0 Å². The molecule has 0 spiro atoms. The Morgan fingerprint density at radius 1 is 1.30 bits per heavy atom. The summed E-state index contributed by atoms with van der Waals surface area (Å²) >= 11 is 5.79. The minimum Gasteiger partial charge on any atom is -0.504 e. The lowest BCUT2D eigenvalue weighted by Gasteiger charge is -2.08. The van der Waals surface area contributed by atoms with Gasteiger partial charge in [-0.1, -0.05) is 18.2 Å². The molecule has 2 aromatic carbocycles. The Balaban J connectivity index is 2.16. The maximum atomic E-state index is 9.85. The van der Waals surface area contributed by atoms with Gasteiger partial charge in [0.2, 0.25) is 0 Å². The van der Waals surface area contributed by atoms with Gasteiger partial charge in [0.25, 0.3) is 0 Å². The molecule has 4 nitrogen and oxygen atoms in total. The van der Waals surface area contributed by atoms with E-state index in [1.54, 1.807) is 18.3 Å².